The molecule has 0 aromatic carbocycles. The minimum Gasteiger partial charge on any atom is -0.545 e. The van der Waals surface area contributed by atoms with Crippen molar-refractivity contribution in [2.45, 2.75) is 4.21 Å². The van der Waals surface area contributed by atoms with Crippen molar-refractivity contribution >= 4 is 27.1 Å². The topological polar surface area (TPSA) is 83.5 Å². The van der Waals surface area contributed by atoms with Gasteiger partial charge in [-0.25, -0.2) is 8.42 Å². The number of hydrogen-bond donors (Lipinski definition) is 0. The Morgan fingerprint density at radius 3 is 2.43 bits per heavy atom. The van der Waals surface area contributed by atoms with Crippen molar-refractivity contribution in [1.82, 2.24) is 0 Å². The van der Waals surface area contributed by atoms with E-state index in [-0.39, 0.29) is 14.8 Å². The number of carbonyl (C=O) groups is 1. The van der Waals surface area contributed by atoms with Gasteiger partial charge in [-0.15, -0.1) is 0 Å². The molecule has 5 nitrogen and oxygen atoms in total. The quantitative estimate of drug-likeness (QED) is 0.706. The molecule has 14 heavy (non-hydrogen) atoms. The molecule has 0 unspecified atom stereocenters. The Bertz CT molecular complexity index is 456. The van der Waals surface area contributed by atoms with Crippen molar-refractivity contribution in [3.8, 4) is 5.06 Å². The summed E-state index contributed by atoms with van der Waals surface area (Å²) in [6, 6.07) is 1.04. The molecule has 1 aromatic heterocycles. The average molecular weight is 235 g/mol. The molecular weight excluding hydrogens is 228 g/mol. The number of carboxylic acid groups (broad SMARTS) is 1. The van der Waals surface area contributed by atoms with Crippen LogP contribution in [0.3, 0.4) is 0 Å². The molecule has 0 N–H and O–H groups in total. The van der Waals surface area contributed by atoms with E-state index in [1.807, 2.05) is 0 Å². The van der Waals surface area contributed by atoms with Crippen LogP contribution in [0.4, 0.5) is 0 Å². The number of ether oxygens (including phenoxy) is 1. The summed E-state index contributed by atoms with van der Waals surface area (Å²) >= 11 is 0.764. The molecule has 0 bridgehead atoms. The summed E-state index contributed by atoms with van der Waals surface area (Å²) in [5.41, 5.74) is -0.238. The molecule has 78 valence electrons. The van der Waals surface area contributed by atoms with E-state index < -0.39 is 15.8 Å². The van der Waals surface area contributed by atoms with Gasteiger partial charge in [-0.1, -0.05) is 11.3 Å². The molecule has 7 heteroatoms. The monoisotopic (exact) mass is 235 g/mol. The Labute approximate surface area is 84.9 Å². The SMILES string of the molecule is COc1sc(S(C)(=O)=O)cc1C(=O)[O-]. The van der Waals surface area contributed by atoms with Crippen LogP contribution >= 0.6 is 11.3 Å². The average Bonchev–Trinajstić information content (AvgIpc) is 2.45. The first kappa shape index (κ1) is 11.0. The molecule has 0 amide bonds. The van der Waals surface area contributed by atoms with Crippen molar-refractivity contribution in [2.24, 2.45) is 0 Å². The molecular formula is C7H7O5S2-. The van der Waals surface area contributed by atoms with Crippen LogP contribution in [0.25, 0.3) is 0 Å². The summed E-state index contributed by atoms with van der Waals surface area (Å²) in [6.45, 7) is 0. The van der Waals surface area contributed by atoms with Crippen LogP contribution < -0.4 is 9.84 Å². The van der Waals surface area contributed by atoms with Crippen molar-refractivity contribution in [1.29, 1.82) is 0 Å². The van der Waals surface area contributed by atoms with E-state index in [2.05, 4.69) is 0 Å². The molecule has 1 rings (SSSR count). The highest BCUT2D eigenvalue weighted by Crippen LogP contribution is 2.32. The van der Waals surface area contributed by atoms with Crippen LogP contribution in [-0.4, -0.2) is 27.8 Å². The number of thiophene rings is 1. The van der Waals surface area contributed by atoms with Gasteiger partial charge in [-0.3, -0.25) is 0 Å². The molecule has 0 atom stereocenters. The maximum Gasteiger partial charge on any atom is 0.185 e. The van der Waals surface area contributed by atoms with Gasteiger partial charge in [0, 0.05) is 6.26 Å². The van der Waals surface area contributed by atoms with Crippen molar-refractivity contribution < 1.29 is 23.1 Å². The second-order valence-corrected chi connectivity index (χ2v) is 5.79. The number of carbonyl (C=O) groups excluding carboxylic acids is 1. The minimum absolute atomic E-state index is 0.0328. The summed E-state index contributed by atoms with van der Waals surface area (Å²) in [6.07, 6.45) is 0.997. The summed E-state index contributed by atoms with van der Waals surface area (Å²) < 4.78 is 26.8. The lowest BCUT2D eigenvalue weighted by Crippen LogP contribution is -2.22. The summed E-state index contributed by atoms with van der Waals surface area (Å²) in [7, 11) is -2.13. The van der Waals surface area contributed by atoms with Crippen molar-refractivity contribution in [3.63, 3.8) is 0 Å². The van der Waals surface area contributed by atoms with Crippen LogP contribution in [-0.2, 0) is 9.84 Å². The van der Waals surface area contributed by atoms with E-state index in [4.69, 9.17) is 4.74 Å². The molecule has 0 aliphatic rings. The van der Waals surface area contributed by atoms with E-state index in [0.717, 1.165) is 23.7 Å². The summed E-state index contributed by atoms with van der Waals surface area (Å²) in [5, 5.41) is 10.6. The number of hydrogen-bond acceptors (Lipinski definition) is 6. The van der Waals surface area contributed by atoms with Gasteiger partial charge in [0.1, 0.15) is 4.21 Å². The van der Waals surface area contributed by atoms with Crippen LogP contribution in [0.5, 0.6) is 5.06 Å². The molecule has 0 saturated carbocycles. The number of methoxy groups -OCH3 is 1. The lowest BCUT2D eigenvalue weighted by molar-refractivity contribution is -0.255. The van der Waals surface area contributed by atoms with Crippen molar-refractivity contribution in [2.75, 3.05) is 13.4 Å². The molecule has 1 aromatic rings. The van der Waals surface area contributed by atoms with Crippen LogP contribution in [0.15, 0.2) is 10.3 Å². The van der Waals surface area contributed by atoms with E-state index in [1.165, 1.54) is 7.11 Å². The second kappa shape index (κ2) is 3.58. The van der Waals surface area contributed by atoms with Gasteiger partial charge < -0.3 is 14.6 Å². The smallest absolute Gasteiger partial charge is 0.185 e. The van der Waals surface area contributed by atoms with Gasteiger partial charge in [0.25, 0.3) is 0 Å². The number of rotatable bonds is 3. The summed E-state index contributed by atoms with van der Waals surface area (Å²) in [5.74, 6) is -1.45. The van der Waals surface area contributed by atoms with Gasteiger partial charge in [-0.2, -0.15) is 0 Å². The molecule has 0 radical (unpaired) electrons. The zero-order valence-corrected chi connectivity index (χ0v) is 9.07. The first-order valence-corrected chi connectivity index (χ1v) is 6.16. The lowest BCUT2D eigenvalue weighted by atomic mass is 10.3. The fourth-order valence-corrected chi connectivity index (χ4v) is 2.69. The van der Waals surface area contributed by atoms with E-state index in [9.17, 15) is 18.3 Å². The minimum atomic E-state index is -3.40. The second-order valence-electron chi connectivity index (χ2n) is 2.53. The van der Waals surface area contributed by atoms with Crippen LogP contribution in [0.2, 0.25) is 0 Å². The highest BCUT2D eigenvalue weighted by atomic mass is 32.2. The Morgan fingerprint density at radius 1 is 1.57 bits per heavy atom. The Morgan fingerprint density at radius 2 is 2.14 bits per heavy atom. The Hall–Kier alpha value is -1.08. The third-order valence-electron chi connectivity index (χ3n) is 1.45. The maximum atomic E-state index is 11.1. The van der Waals surface area contributed by atoms with Gasteiger partial charge >= 0.3 is 0 Å². The molecule has 0 saturated heterocycles. The van der Waals surface area contributed by atoms with Gasteiger partial charge in [0.15, 0.2) is 14.9 Å². The van der Waals surface area contributed by atoms with Gasteiger partial charge in [-0.05, 0) is 6.07 Å². The maximum absolute atomic E-state index is 11.1. The number of aromatic carboxylic acids is 1. The Kier molecular flexibility index (Phi) is 2.81. The zero-order chi connectivity index (χ0) is 10.9. The Balaban J connectivity index is 3.34. The van der Waals surface area contributed by atoms with E-state index in [1.54, 1.807) is 0 Å². The number of sulfone groups is 1. The van der Waals surface area contributed by atoms with Gasteiger partial charge in [0.2, 0.25) is 0 Å². The highest BCUT2D eigenvalue weighted by molar-refractivity contribution is 7.92. The fraction of sp³-hybridized carbons (Fsp3) is 0.286. The molecule has 0 spiro atoms. The molecule has 1 heterocycles. The molecule has 0 aliphatic heterocycles. The van der Waals surface area contributed by atoms with E-state index in [0.29, 0.717) is 0 Å². The largest absolute Gasteiger partial charge is 0.545 e. The zero-order valence-electron chi connectivity index (χ0n) is 7.44. The van der Waals surface area contributed by atoms with E-state index >= 15 is 0 Å². The lowest BCUT2D eigenvalue weighted by Gasteiger charge is -2.00. The molecule has 0 aliphatic carbocycles. The predicted molar refractivity (Wildman–Crippen MR) is 48.3 cm³/mol. The summed E-state index contributed by atoms with van der Waals surface area (Å²) in [4.78, 5) is 10.5. The standard InChI is InChI=1S/C7H8O5S2/c1-12-7-4(6(8)9)3-5(13-7)14(2,10)11/h3H,1-2H3,(H,8,9)/p-1. The van der Waals surface area contributed by atoms with Gasteiger partial charge in [0.05, 0.1) is 18.6 Å². The first-order chi connectivity index (χ1) is 6.36. The number of carboxylic acids is 1. The predicted octanol–water partition coefficient (Wildman–Crippen LogP) is -0.476. The third-order valence-corrected chi connectivity index (χ3v) is 4.34. The van der Waals surface area contributed by atoms with Crippen LogP contribution in [0, 0.1) is 0 Å². The third kappa shape index (κ3) is 2.05. The van der Waals surface area contributed by atoms with Crippen molar-refractivity contribution in [3.05, 3.63) is 11.6 Å². The highest BCUT2D eigenvalue weighted by Gasteiger charge is 2.16. The molecule has 0 fully saturated rings. The fourth-order valence-electron chi connectivity index (χ4n) is 0.829. The normalized spacial score (nSPS) is 11.3. The first-order valence-electron chi connectivity index (χ1n) is 3.45. The van der Waals surface area contributed by atoms with Crippen LogP contribution in [0.1, 0.15) is 10.4 Å².